The Kier molecular flexibility index (Phi) is 5.38. The number of benzene rings is 1. The Balaban J connectivity index is 1.65. The van der Waals surface area contributed by atoms with Gasteiger partial charge in [-0.1, -0.05) is 26.0 Å². The summed E-state index contributed by atoms with van der Waals surface area (Å²) in [7, 11) is 0. The minimum atomic E-state index is -0.571. The summed E-state index contributed by atoms with van der Waals surface area (Å²) in [5.41, 5.74) is 8.68. The van der Waals surface area contributed by atoms with Crippen molar-refractivity contribution in [2.45, 2.75) is 51.9 Å². The topological polar surface area (TPSA) is 105 Å². The van der Waals surface area contributed by atoms with Gasteiger partial charge in [0.05, 0.1) is 0 Å². The van der Waals surface area contributed by atoms with E-state index in [1.165, 1.54) is 0 Å². The molecule has 1 unspecified atom stereocenters. The number of carbonyl (C=O) groups is 3. The highest BCUT2D eigenvalue weighted by Gasteiger charge is 2.38. The predicted molar refractivity (Wildman–Crippen MR) is 97.0 cm³/mol. The van der Waals surface area contributed by atoms with E-state index in [0.717, 1.165) is 17.7 Å². The van der Waals surface area contributed by atoms with Gasteiger partial charge in [0.15, 0.2) is 0 Å². The fourth-order valence-corrected chi connectivity index (χ4v) is 3.36. The van der Waals surface area contributed by atoms with E-state index in [1.54, 1.807) is 4.90 Å². The molecular formula is C19H26N4O3. The monoisotopic (exact) mass is 358 g/mol. The molecule has 7 nitrogen and oxygen atoms in total. The van der Waals surface area contributed by atoms with E-state index in [0.29, 0.717) is 31.0 Å². The van der Waals surface area contributed by atoms with Crippen molar-refractivity contribution in [2.24, 2.45) is 11.7 Å². The molecule has 0 aromatic heterocycles. The van der Waals surface area contributed by atoms with Crippen molar-refractivity contribution in [2.75, 3.05) is 6.54 Å². The predicted octanol–water partition coefficient (Wildman–Crippen LogP) is 0.521. The third-order valence-corrected chi connectivity index (χ3v) is 5.15. The zero-order valence-corrected chi connectivity index (χ0v) is 15.2. The normalized spacial score (nSPS) is 21.2. The number of imide groups is 1. The van der Waals surface area contributed by atoms with Crippen molar-refractivity contribution in [1.82, 2.24) is 15.5 Å². The minimum absolute atomic E-state index is 0.106. The molecule has 1 saturated heterocycles. The van der Waals surface area contributed by atoms with Crippen LogP contribution in [-0.4, -0.2) is 41.2 Å². The average Bonchev–Trinajstić information content (AvgIpc) is 2.91. The molecule has 0 aliphatic carbocycles. The van der Waals surface area contributed by atoms with Crippen molar-refractivity contribution < 1.29 is 14.4 Å². The molecule has 140 valence electrons. The number of fused-ring (bicyclic) bond motifs is 1. The molecule has 26 heavy (non-hydrogen) atoms. The molecule has 0 spiro atoms. The van der Waals surface area contributed by atoms with Gasteiger partial charge in [0.1, 0.15) is 6.04 Å². The SMILES string of the molecule is CC(C)[C@@H](N)CNCc1ccc2c(c1)CN(C1CCC(=O)NC1=O)C2=O. The lowest BCUT2D eigenvalue weighted by Crippen LogP contribution is -2.52. The molecule has 3 amide bonds. The fraction of sp³-hybridized carbons (Fsp3) is 0.526. The maximum absolute atomic E-state index is 12.6. The van der Waals surface area contributed by atoms with E-state index in [-0.39, 0.29) is 30.2 Å². The average molecular weight is 358 g/mol. The van der Waals surface area contributed by atoms with Gasteiger partial charge in [-0.2, -0.15) is 0 Å². The Hall–Kier alpha value is -2.25. The Bertz CT molecular complexity index is 731. The molecular weight excluding hydrogens is 332 g/mol. The van der Waals surface area contributed by atoms with Crippen LogP contribution in [0.2, 0.25) is 0 Å². The number of amides is 3. The highest BCUT2D eigenvalue weighted by molar-refractivity contribution is 6.05. The number of nitrogens with one attached hydrogen (secondary N) is 2. The standard InChI is InChI=1S/C19H26N4O3/c1-11(2)15(20)9-21-8-12-3-4-14-13(7-12)10-23(19(14)26)16-5-6-17(24)22-18(16)25/h3-4,7,11,15-16,21H,5-6,8-10,20H2,1-2H3,(H,22,24,25)/t15-,16?/m0/s1. The Morgan fingerprint density at radius 3 is 2.77 bits per heavy atom. The third-order valence-electron chi connectivity index (χ3n) is 5.15. The maximum atomic E-state index is 12.6. The quantitative estimate of drug-likeness (QED) is 0.643. The first kappa shape index (κ1) is 18.5. The van der Waals surface area contributed by atoms with Crippen molar-refractivity contribution in [3.8, 4) is 0 Å². The smallest absolute Gasteiger partial charge is 0.255 e. The van der Waals surface area contributed by atoms with Crippen molar-refractivity contribution >= 4 is 17.7 Å². The molecule has 2 aliphatic rings. The van der Waals surface area contributed by atoms with Crippen LogP contribution in [0.15, 0.2) is 18.2 Å². The largest absolute Gasteiger partial charge is 0.326 e. The van der Waals surface area contributed by atoms with Crippen LogP contribution in [-0.2, 0) is 22.7 Å². The van der Waals surface area contributed by atoms with Gasteiger partial charge in [-0.3, -0.25) is 19.7 Å². The van der Waals surface area contributed by atoms with Gasteiger partial charge < -0.3 is 16.0 Å². The van der Waals surface area contributed by atoms with Crippen molar-refractivity contribution in [3.05, 3.63) is 34.9 Å². The van der Waals surface area contributed by atoms with Crippen LogP contribution < -0.4 is 16.4 Å². The minimum Gasteiger partial charge on any atom is -0.326 e. The van der Waals surface area contributed by atoms with E-state index < -0.39 is 6.04 Å². The van der Waals surface area contributed by atoms with E-state index in [2.05, 4.69) is 24.5 Å². The van der Waals surface area contributed by atoms with Crippen LogP contribution >= 0.6 is 0 Å². The lowest BCUT2D eigenvalue weighted by molar-refractivity contribution is -0.136. The number of piperidine rings is 1. The van der Waals surface area contributed by atoms with Crippen molar-refractivity contribution in [1.29, 1.82) is 0 Å². The van der Waals surface area contributed by atoms with E-state index in [9.17, 15) is 14.4 Å². The second kappa shape index (κ2) is 7.55. The third kappa shape index (κ3) is 3.78. The van der Waals surface area contributed by atoms with Crippen LogP contribution in [0.4, 0.5) is 0 Å². The molecule has 1 aromatic carbocycles. The summed E-state index contributed by atoms with van der Waals surface area (Å²) >= 11 is 0. The van der Waals surface area contributed by atoms with Gasteiger partial charge in [0.2, 0.25) is 11.8 Å². The van der Waals surface area contributed by atoms with Crippen molar-refractivity contribution in [3.63, 3.8) is 0 Å². The van der Waals surface area contributed by atoms with Crippen LogP contribution in [0.3, 0.4) is 0 Å². The summed E-state index contributed by atoms with van der Waals surface area (Å²) < 4.78 is 0. The van der Waals surface area contributed by atoms with Crippen LogP contribution in [0.5, 0.6) is 0 Å². The van der Waals surface area contributed by atoms with Crippen LogP contribution in [0.25, 0.3) is 0 Å². The Morgan fingerprint density at radius 2 is 2.08 bits per heavy atom. The first-order valence-electron chi connectivity index (χ1n) is 9.09. The molecule has 0 saturated carbocycles. The summed E-state index contributed by atoms with van der Waals surface area (Å²) in [6.07, 6.45) is 0.647. The summed E-state index contributed by atoms with van der Waals surface area (Å²) in [5.74, 6) is -0.381. The van der Waals surface area contributed by atoms with Crippen LogP contribution in [0.1, 0.15) is 48.2 Å². The number of nitrogens with two attached hydrogens (primary N) is 1. The second-order valence-electron chi connectivity index (χ2n) is 7.43. The molecule has 7 heteroatoms. The van der Waals surface area contributed by atoms with E-state index >= 15 is 0 Å². The molecule has 0 radical (unpaired) electrons. The van der Waals surface area contributed by atoms with Gasteiger partial charge in [-0.25, -0.2) is 0 Å². The number of hydrogen-bond acceptors (Lipinski definition) is 5. The first-order valence-corrected chi connectivity index (χ1v) is 9.09. The highest BCUT2D eigenvalue weighted by Crippen LogP contribution is 2.28. The maximum Gasteiger partial charge on any atom is 0.255 e. The number of hydrogen-bond donors (Lipinski definition) is 3. The number of nitrogens with zero attached hydrogens (tertiary/aromatic N) is 1. The summed E-state index contributed by atoms with van der Waals surface area (Å²) in [5, 5.41) is 5.67. The van der Waals surface area contributed by atoms with Gasteiger partial charge >= 0.3 is 0 Å². The van der Waals surface area contributed by atoms with Gasteiger partial charge in [0.25, 0.3) is 5.91 Å². The molecule has 4 N–H and O–H groups in total. The van der Waals surface area contributed by atoms with E-state index in [1.807, 2.05) is 18.2 Å². The summed E-state index contributed by atoms with van der Waals surface area (Å²) in [4.78, 5) is 37.6. The zero-order chi connectivity index (χ0) is 18.8. The molecule has 2 aliphatic heterocycles. The molecule has 1 aromatic rings. The van der Waals surface area contributed by atoms with Gasteiger partial charge in [0, 0.05) is 37.7 Å². The first-order chi connectivity index (χ1) is 12.4. The zero-order valence-electron chi connectivity index (χ0n) is 15.2. The molecule has 1 fully saturated rings. The Labute approximate surface area is 153 Å². The number of carbonyl (C=O) groups excluding carboxylic acids is 3. The molecule has 2 heterocycles. The summed E-state index contributed by atoms with van der Waals surface area (Å²) in [6, 6.07) is 5.29. The highest BCUT2D eigenvalue weighted by atomic mass is 16.2. The second-order valence-corrected chi connectivity index (χ2v) is 7.43. The Morgan fingerprint density at radius 1 is 1.31 bits per heavy atom. The lowest BCUT2D eigenvalue weighted by Gasteiger charge is -2.29. The molecule has 3 rings (SSSR count). The lowest BCUT2D eigenvalue weighted by atomic mass is 10.0. The van der Waals surface area contributed by atoms with E-state index in [4.69, 9.17) is 5.73 Å². The molecule has 0 bridgehead atoms. The van der Waals surface area contributed by atoms with Gasteiger partial charge in [-0.05, 0) is 29.5 Å². The van der Waals surface area contributed by atoms with Gasteiger partial charge in [-0.15, -0.1) is 0 Å². The number of rotatable bonds is 6. The van der Waals surface area contributed by atoms with Crippen LogP contribution in [0, 0.1) is 5.92 Å². The fourth-order valence-electron chi connectivity index (χ4n) is 3.36. The summed E-state index contributed by atoms with van der Waals surface area (Å²) in [6.45, 7) is 6.00. The molecule has 2 atom stereocenters.